The van der Waals surface area contributed by atoms with E-state index < -0.39 is 0 Å². The molecule has 0 fully saturated rings. The van der Waals surface area contributed by atoms with Gasteiger partial charge < -0.3 is 5.32 Å². The van der Waals surface area contributed by atoms with Crippen LogP contribution in [0, 0.1) is 0 Å². The summed E-state index contributed by atoms with van der Waals surface area (Å²) in [6.07, 6.45) is 4.31. The second-order valence-corrected chi connectivity index (χ2v) is 4.55. The molecule has 0 radical (unpaired) electrons. The quantitative estimate of drug-likeness (QED) is 0.814. The van der Waals surface area contributed by atoms with E-state index in [1.807, 2.05) is 6.08 Å². The van der Waals surface area contributed by atoms with Gasteiger partial charge in [0.15, 0.2) is 0 Å². The highest BCUT2D eigenvalue weighted by Crippen LogP contribution is 2.32. The molecule has 0 saturated heterocycles. The lowest BCUT2D eigenvalue weighted by molar-refractivity contribution is 0.564. The summed E-state index contributed by atoms with van der Waals surface area (Å²) >= 11 is 3.50. The van der Waals surface area contributed by atoms with Crippen LogP contribution in [0.3, 0.4) is 0 Å². The van der Waals surface area contributed by atoms with Gasteiger partial charge >= 0.3 is 0 Å². The van der Waals surface area contributed by atoms with Gasteiger partial charge in [-0.25, -0.2) is 0 Å². The predicted octanol–water partition coefficient (Wildman–Crippen LogP) is 3.21. The van der Waals surface area contributed by atoms with Gasteiger partial charge in [-0.2, -0.15) is 0 Å². The van der Waals surface area contributed by atoms with Crippen molar-refractivity contribution in [3.8, 4) is 0 Å². The smallest absolute Gasteiger partial charge is 0.0328 e. The van der Waals surface area contributed by atoms with Crippen LogP contribution < -0.4 is 5.32 Å². The minimum atomic E-state index is 0.524. The number of hydrogen-bond acceptors (Lipinski definition) is 1. The Balaban J connectivity index is 2.18. The maximum atomic E-state index is 3.72. The first-order valence-corrected chi connectivity index (χ1v) is 5.73. The fraction of sp³-hybridized carbons (Fsp3) is 0.333. The standard InChI is InChI=1S/C12H14BrN/c1-2-7-14-12-6-3-9-8-10(13)4-5-11(9)12/h2,4-5,8,12,14H,1,3,6-7H2. The molecule has 1 nitrogen and oxygen atoms in total. The van der Waals surface area contributed by atoms with E-state index in [-0.39, 0.29) is 0 Å². The summed E-state index contributed by atoms with van der Waals surface area (Å²) in [5.74, 6) is 0. The van der Waals surface area contributed by atoms with Gasteiger partial charge in [-0.15, -0.1) is 6.58 Å². The molecule has 1 N–H and O–H groups in total. The van der Waals surface area contributed by atoms with Crippen molar-refractivity contribution < 1.29 is 0 Å². The maximum absolute atomic E-state index is 3.72. The molecule has 1 aromatic rings. The summed E-state index contributed by atoms with van der Waals surface area (Å²) < 4.78 is 1.18. The van der Waals surface area contributed by atoms with Crippen LogP contribution in [0.5, 0.6) is 0 Å². The molecule has 0 bridgehead atoms. The van der Waals surface area contributed by atoms with Gasteiger partial charge in [-0.05, 0) is 36.1 Å². The van der Waals surface area contributed by atoms with Crippen molar-refractivity contribution >= 4 is 15.9 Å². The molecule has 1 atom stereocenters. The fourth-order valence-electron chi connectivity index (χ4n) is 2.02. The van der Waals surface area contributed by atoms with E-state index in [1.165, 1.54) is 28.4 Å². The van der Waals surface area contributed by atoms with Crippen LogP contribution >= 0.6 is 15.9 Å². The maximum Gasteiger partial charge on any atom is 0.0328 e. The molecular formula is C12H14BrN. The topological polar surface area (TPSA) is 12.0 Å². The average molecular weight is 252 g/mol. The monoisotopic (exact) mass is 251 g/mol. The molecule has 0 amide bonds. The highest BCUT2D eigenvalue weighted by Gasteiger charge is 2.21. The van der Waals surface area contributed by atoms with Crippen LogP contribution in [0.4, 0.5) is 0 Å². The molecular weight excluding hydrogens is 238 g/mol. The Hall–Kier alpha value is -0.600. The summed E-state index contributed by atoms with van der Waals surface area (Å²) in [6, 6.07) is 7.08. The van der Waals surface area contributed by atoms with Crippen molar-refractivity contribution in [3.05, 3.63) is 46.5 Å². The highest BCUT2D eigenvalue weighted by atomic mass is 79.9. The van der Waals surface area contributed by atoms with Crippen LogP contribution in [0.2, 0.25) is 0 Å². The van der Waals surface area contributed by atoms with Gasteiger partial charge in [0, 0.05) is 17.1 Å². The van der Waals surface area contributed by atoms with Gasteiger partial charge in [0.05, 0.1) is 0 Å². The molecule has 74 valence electrons. The first kappa shape index (κ1) is 9.94. The molecule has 1 aliphatic rings. The zero-order chi connectivity index (χ0) is 9.97. The zero-order valence-corrected chi connectivity index (χ0v) is 9.68. The zero-order valence-electron chi connectivity index (χ0n) is 8.09. The second kappa shape index (κ2) is 4.28. The first-order valence-electron chi connectivity index (χ1n) is 4.94. The van der Waals surface area contributed by atoms with E-state index in [0.29, 0.717) is 6.04 Å². The van der Waals surface area contributed by atoms with E-state index in [2.05, 4.69) is 46.0 Å². The second-order valence-electron chi connectivity index (χ2n) is 3.63. The van der Waals surface area contributed by atoms with Gasteiger partial charge in [-0.1, -0.05) is 28.1 Å². The van der Waals surface area contributed by atoms with Crippen molar-refractivity contribution in [1.29, 1.82) is 0 Å². The van der Waals surface area contributed by atoms with E-state index in [9.17, 15) is 0 Å². The number of halogens is 1. The van der Waals surface area contributed by atoms with Crippen LogP contribution in [-0.4, -0.2) is 6.54 Å². The molecule has 14 heavy (non-hydrogen) atoms. The summed E-state index contributed by atoms with van der Waals surface area (Å²) in [5.41, 5.74) is 2.93. The Morgan fingerprint density at radius 2 is 2.43 bits per heavy atom. The molecule has 0 spiro atoms. The van der Waals surface area contributed by atoms with Crippen LogP contribution in [-0.2, 0) is 6.42 Å². The Labute approximate surface area is 93.3 Å². The van der Waals surface area contributed by atoms with E-state index in [4.69, 9.17) is 0 Å². The SMILES string of the molecule is C=CCNC1CCc2cc(Br)ccc21. The number of benzene rings is 1. The third kappa shape index (κ3) is 1.91. The minimum absolute atomic E-state index is 0.524. The molecule has 2 rings (SSSR count). The summed E-state index contributed by atoms with van der Waals surface area (Å²) in [4.78, 5) is 0. The van der Waals surface area contributed by atoms with Crippen LogP contribution in [0.25, 0.3) is 0 Å². The van der Waals surface area contributed by atoms with Gasteiger partial charge in [0.2, 0.25) is 0 Å². The Bertz CT molecular complexity index is 346. The van der Waals surface area contributed by atoms with Crippen LogP contribution in [0.1, 0.15) is 23.6 Å². The van der Waals surface area contributed by atoms with Crippen molar-refractivity contribution in [3.63, 3.8) is 0 Å². The lowest BCUT2D eigenvalue weighted by Crippen LogP contribution is -2.18. The molecule has 1 aliphatic carbocycles. The first-order chi connectivity index (χ1) is 6.81. The fourth-order valence-corrected chi connectivity index (χ4v) is 2.43. The normalized spacial score (nSPS) is 19.4. The molecule has 0 aliphatic heterocycles. The molecule has 2 heteroatoms. The lowest BCUT2D eigenvalue weighted by Gasteiger charge is -2.12. The van der Waals surface area contributed by atoms with E-state index >= 15 is 0 Å². The molecule has 1 aromatic carbocycles. The highest BCUT2D eigenvalue weighted by molar-refractivity contribution is 9.10. The lowest BCUT2D eigenvalue weighted by atomic mass is 10.1. The van der Waals surface area contributed by atoms with E-state index in [1.54, 1.807) is 0 Å². The number of nitrogens with one attached hydrogen (secondary N) is 1. The van der Waals surface area contributed by atoms with Crippen molar-refractivity contribution in [2.75, 3.05) is 6.54 Å². The molecule has 1 unspecified atom stereocenters. The Morgan fingerprint density at radius 3 is 3.21 bits per heavy atom. The van der Waals surface area contributed by atoms with Gasteiger partial charge in [0.25, 0.3) is 0 Å². The van der Waals surface area contributed by atoms with Crippen LogP contribution in [0.15, 0.2) is 35.3 Å². The van der Waals surface area contributed by atoms with Crippen molar-refractivity contribution in [2.45, 2.75) is 18.9 Å². The summed E-state index contributed by atoms with van der Waals surface area (Å²) in [7, 11) is 0. The Kier molecular flexibility index (Phi) is 3.04. The van der Waals surface area contributed by atoms with Gasteiger partial charge in [0.1, 0.15) is 0 Å². The third-order valence-corrected chi connectivity index (χ3v) is 3.18. The van der Waals surface area contributed by atoms with Gasteiger partial charge in [-0.3, -0.25) is 0 Å². The average Bonchev–Trinajstić information content (AvgIpc) is 2.57. The summed E-state index contributed by atoms with van der Waals surface area (Å²) in [5, 5.41) is 3.47. The third-order valence-electron chi connectivity index (χ3n) is 2.69. The van der Waals surface area contributed by atoms with Crippen molar-refractivity contribution in [1.82, 2.24) is 5.32 Å². The number of aryl methyl sites for hydroxylation is 1. The number of rotatable bonds is 3. The van der Waals surface area contributed by atoms with E-state index in [0.717, 1.165) is 6.54 Å². The largest absolute Gasteiger partial charge is 0.306 e. The predicted molar refractivity (Wildman–Crippen MR) is 63.4 cm³/mol. The summed E-state index contributed by atoms with van der Waals surface area (Å²) in [6.45, 7) is 4.61. The van der Waals surface area contributed by atoms with Crippen molar-refractivity contribution in [2.24, 2.45) is 0 Å². The minimum Gasteiger partial charge on any atom is -0.306 e. The molecule has 0 heterocycles. The number of hydrogen-bond donors (Lipinski definition) is 1. The Morgan fingerprint density at radius 1 is 1.57 bits per heavy atom. The number of fused-ring (bicyclic) bond motifs is 1. The molecule has 0 saturated carbocycles. The molecule has 0 aromatic heterocycles.